The number of hydrogen-bond donors (Lipinski definition) is 0. The molecule has 0 aliphatic carbocycles. The fourth-order valence-electron chi connectivity index (χ4n) is 3.42. The van der Waals surface area contributed by atoms with Crippen molar-refractivity contribution >= 4 is 11.6 Å². The van der Waals surface area contributed by atoms with Gasteiger partial charge in [-0.25, -0.2) is 9.50 Å². The third kappa shape index (κ3) is 3.72. The van der Waals surface area contributed by atoms with Gasteiger partial charge in [-0.15, -0.1) is 0 Å². The van der Waals surface area contributed by atoms with Gasteiger partial charge in [0.2, 0.25) is 0 Å². The van der Waals surface area contributed by atoms with Crippen LogP contribution in [0.1, 0.15) is 23.2 Å². The second kappa shape index (κ2) is 7.65. The summed E-state index contributed by atoms with van der Waals surface area (Å²) in [6.45, 7) is 2.02. The van der Waals surface area contributed by atoms with Crippen LogP contribution in [-0.2, 0) is 0 Å². The number of benzene rings is 1. The van der Waals surface area contributed by atoms with Crippen LogP contribution in [0.2, 0.25) is 0 Å². The second-order valence-corrected chi connectivity index (χ2v) is 6.69. The molecule has 3 aromatic rings. The first-order valence-electron chi connectivity index (χ1n) is 9.09. The summed E-state index contributed by atoms with van der Waals surface area (Å²) in [4.78, 5) is 19.1. The highest BCUT2D eigenvalue weighted by atomic mass is 16.5. The Morgan fingerprint density at radius 3 is 2.89 bits per heavy atom. The zero-order valence-corrected chi connectivity index (χ0v) is 15.2. The molecular formula is C20H22N4O3. The number of nitrogens with zero attached hydrogens (tertiary/aromatic N) is 4. The van der Waals surface area contributed by atoms with Crippen LogP contribution in [0.15, 0.2) is 48.9 Å². The second-order valence-electron chi connectivity index (χ2n) is 6.69. The average Bonchev–Trinajstić information content (AvgIpc) is 3.16. The van der Waals surface area contributed by atoms with E-state index in [0.29, 0.717) is 30.3 Å². The molecule has 7 nitrogen and oxygen atoms in total. The van der Waals surface area contributed by atoms with Crippen LogP contribution in [-0.4, -0.2) is 52.2 Å². The van der Waals surface area contributed by atoms with Gasteiger partial charge in [0.05, 0.1) is 19.9 Å². The minimum Gasteiger partial charge on any atom is -0.497 e. The first-order chi connectivity index (χ1) is 13.2. The van der Waals surface area contributed by atoms with E-state index in [9.17, 15) is 4.79 Å². The van der Waals surface area contributed by atoms with Crippen molar-refractivity contribution < 1.29 is 14.3 Å². The average molecular weight is 366 g/mol. The Morgan fingerprint density at radius 1 is 1.26 bits per heavy atom. The maximum absolute atomic E-state index is 12.9. The van der Waals surface area contributed by atoms with Crippen molar-refractivity contribution in [2.45, 2.75) is 12.8 Å². The minimum absolute atomic E-state index is 0.0159. The first kappa shape index (κ1) is 17.3. The minimum atomic E-state index is -0.0159. The molecule has 2 aromatic heterocycles. The molecule has 0 radical (unpaired) electrons. The highest BCUT2D eigenvalue weighted by molar-refractivity contribution is 5.99. The largest absolute Gasteiger partial charge is 0.497 e. The van der Waals surface area contributed by atoms with Crippen LogP contribution in [0.3, 0.4) is 0 Å². The number of aromatic nitrogens is 3. The third-order valence-electron chi connectivity index (χ3n) is 4.86. The Morgan fingerprint density at radius 2 is 2.07 bits per heavy atom. The van der Waals surface area contributed by atoms with Crippen molar-refractivity contribution in [3.05, 3.63) is 54.5 Å². The Kier molecular flexibility index (Phi) is 4.91. The number of fused-ring (bicyclic) bond motifs is 1. The topological polar surface area (TPSA) is 69.0 Å². The standard InChI is InChI=1S/C20H22N4O3/c1-26-16-5-7-17(8-6-16)27-14-15-4-2-10-23(13-15)20(25)18-12-22-24-11-3-9-21-19(18)24/h3,5-9,11-12,15H,2,4,10,13-14H2,1H3/t15-/m1/s1. The van der Waals surface area contributed by atoms with Crippen LogP contribution in [0.25, 0.3) is 5.65 Å². The quantitative estimate of drug-likeness (QED) is 0.694. The number of likely N-dealkylation sites (tertiary alicyclic amines) is 1. The van der Waals surface area contributed by atoms with E-state index in [2.05, 4.69) is 10.1 Å². The number of rotatable bonds is 5. The van der Waals surface area contributed by atoms with Crippen molar-refractivity contribution in [2.75, 3.05) is 26.8 Å². The van der Waals surface area contributed by atoms with Gasteiger partial charge in [0.15, 0.2) is 5.65 Å². The Bertz CT molecular complexity index is 922. The number of ether oxygens (including phenoxy) is 2. The fourth-order valence-corrected chi connectivity index (χ4v) is 3.42. The molecule has 27 heavy (non-hydrogen) atoms. The molecule has 1 aliphatic heterocycles. The highest BCUT2D eigenvalue weighted by Gasteiger charge is 2.27. The lowest BCUT2D eigenvalue weighted by Crippen LogP contribution is -2.41. The Hall–Kier alpha value is -3.09. The molecule has 1 aliphatic rings. The van der Waals surface area contributed by atoms with Crippen molar-refractivity contribution in [2.24, 2.45) is 5.92 Å². The molecular weight excluding hydrogens is 344 g/mol. The fraction of sp³-hybridized carbons (Fsp3) is 0.350. The summed E-state index contributed by atoms with van der Waals surface area (Å²) in [5.74, 6) is 1.90. The van der Waals surface area contributed by atoms with E-state index >= 15 is 0 Å². The van der Waals surface area contributed by atoms with Gasteiger partial charge >= 0.3 is 0 Å². The SMILES string of the molecule is COc1ccc(OC[C@@H]2CCCN(C(=O)c3cnn4cccnc34)C2)cc1. The lowest BCUT2D eigenvalue weighted by atomic mass is 9.98. The molecule has 0 spiro atoms. The van der Waals surface area contributed by atoms with Gasteiger partial charge < -0.3 is 14.4 Å². The molecule has 0 bridgehead atoms. The van der Waals surface area contributed by atoms with Crippen LogP contribution in [0.4, 0.5) is 0 Å². The summed E-state index contributed by atoms with van der Waals surface area (Å²) in [5.41, 5.74) is 1.14. The summed E-state index contributed by atoms with van der Waals surface area (Å²) < 4.78 is 12.7. The lowest BCUT2D eigenvalue weighted by Gasteiger charge is -2.32. The molecule has 0 saturated carbocycles. The summed E-state index contributed by atoms with van der Waals surface area (Å²) in [6, 6.07) is 9.35. The van der Waals surface area contributed by atoms with Crippen molar-refractivity contribution in [1.29, 1.82) is 0 Å². The number of hydrogen-bond acceptors (Lipinski definition) is 5. The predicted octanol–water partition coefficient (Wildman–Crippen LogP) is 2.67. The van der Waals surface area contributed by atoms with Gasteiger partial charge in [0.1, 0.15) is 17.1 Å². The molecule has 4 rings (SSSR count). The molecule has 0 N–H and O–H groups in total. The van der Waals surface area contributed by atoms with E-state index in [-0.39, 0.29) is 5.91 Å². The lowest BCUT2D eigenvalue weighted by molar-refractivity contribution is 0.0635. The molecule has 0 unspecified atom stereocenters. The van der Waals surface area contributed by atoms with Crippen LogP contribution < -0.4 is 9.47 Å². The number of carbonyl (C=O) groups is 1. The van der Waals surface area contributed by atoms with E-state index in [0.717, 1.165) is 30.9 Å². The van der Waals surface area contributed by atoms with Gasteiger partial charge in [0, 0.05) is 31.4 Å². The molecule has 140 valence electrons. The maximum atomic E-state index is 12.9. The predicted molar refractivity (Wildman–Crippen MR) is 100 cm³/mol. The first-order valence-corrected chi connectivity index (χ1v) is 9.09. The van der Waals surface area contributed by atoms with Gasteiger partial charge in [-0.3, -0.25) is 4.79 Å². The summed E-state index contributed by atoms with van der Waals surface area (Å²) in [5, 5.41) is 4.22. The van der Waals surface area contributed by atoms with Crippen molar-refractivity contribution in [1.82, 2.24) is 19.5 Å². The zero-order valence-electron chi connectivity index (χ0n) is 15.2. The Labute approximate surface area is 157 Å². The van der Waals surface area contributed by atoms with Crippen molar-refractivity contribution in [3.8, 4) is 11.5 Å². The van der Waals surface area contributed by atoms with Gasteiger partial charge in [0.25, 0.3) is 5.91 Å². The van der Waals surface area contributed by atoms with Gasteiger partial charge in [-0.05, 0) is 43.2 Å². The number of carbonyl (C=O) groups excluding carboxylic acids is 1. The van der Waals surface area contributed by atoms with Crippen LogP contribution in [0, 0.1) is 5.92 Å². The molecule has 1 aromatic carbocycles. The number of methoxy groups -OCH3 is 1. The zero-order chi connectivity index (χ0) is 18.6. The molecule has 1 amide bonds. The van der Waals surface area contributed by atoms with Gasteiger partial charge in [-0.2, -0.15) is 5.10 Å². The molecule has 1 atom stereocenters. The number of piperidine rings is 1. The molecule has 1 fully saturated rings. The van der Waals surface area contributed by atoms with E-state index in [1.54, 1.807) is 36.3 Å². The van der Waals surface area contributed by atoms with Crippen LogP contribution >= 0.6 is 0 Å². The molecule has 1 saturated heterocycles. The third-order valence-corrected chi connectivity index (χ3v) is 4.86. The monoisotopic (exact) mass is 366 g/mol. The van der Waals surface area contributed by atoms with E-state index in [1.165, 1.54) is 0 Å². The smallest absolute Gasteiger partial charge is 0.259 e. The summed E-state index contributed by atoms with van der Waals surface area (Å²) >= 11 is 0. The highest BCUT2D eigenvalue weighted by Crippen LogP contribution is 2.22. The van der Waals surface area contributed by atoms with Gasteiger partial charge in [-0.1, -0.05) is 0 Å². The Balaban J connectivity index is 1.39. The van der Waals surface area contributed by atoms with Crippen molar-refractivity contribution in [3.63, 3.8) is 0 Å². The normalized spacial score (nSPS) is 17.1. The van der Waals surface area contributed by atoms with Crippen LogP contribution in [0.5, 0.6) is 11.5 Å². The number of amides is 1. The van der Waals surface area contributed by atoms with E-state index in [4.69, 9.17) is 9.47 Å². The van der Waals surface area contributed by atoms with E-state index < -0.39 is 0 Å². The molecule has 7 heteroatoms. The summed E-state index contributed by atoms with van der Waals surface area (Å²) in [7, 11) is 1.64. The maximum Gasteiger partial charge on any atom is 0.259 e. The van der Waals surface area contributed by atoms with E-state index in [1.807, 2.05) is 29.2 Å². The molecule has 3 heterocycles. The summed E-state index contributed by atoms with van der Waals surface area (Å²) in [6.07, 6.45) is 7.08.